The third kappa shape index (κ3) is 8.43. The van der Waals surface area contributed by atoms with E-state index in [1.807, 2.05) is 80.3 Å². The summed E-state index contributed by atoms with van der Waals surface area (Å²) in [5.74, 6) is -1.87. The van der Waals surface area contributed by atoms with Crippen molar-refractivity contribution < 1.29 is 37.4 Å². The highest BCUT2D eigenvalue weighted by Crippen LogP contribution is 2.48. The number of pyridine rings is 1. The number of amides is 4. The van der Waals surface area contributed by atoms with Crippen molar-refractivity contribution in [1.82, 2.24) is 24.4 Å². The predicted octanol–water partition coefficient (Wildman–Crippen LogP) is 5.17. The fourth-order valence-corrected chi connectivity index (χ4v) is 9.06. The molecule has 2 aliphatic heterocycles. The van der Waals surface area contributed by atoms with E-state index in [1.165, 1.54) is 4.90 Å². The summed E-state index contributed by atoms with van der Waals surface area (Å²) in [4.78, 5) is 65.3. The molecule has 57 heavy (non-hydrogen) atoms. The molecule has 3 heterocycles. The van der Waals surface area contributed by atoms with Crippen molar-refractivity contribution in [2.75, 3.05) is 26.7 Å². The van der Waals surface area contributed by atoms with Crippen molar-refractivity contribution in [3.05, 3.63) is 67.3 Å². The zero-order valence-electron chi connectivity index (χ0n) is 33.1. The molecule has 0 bridgehead atoms. The van der Waals surface area contributed by atoms with Gasteiger partial charge in [0, 0.05) is 61.0 Å². The lowest BCUT2D eigenvalue weighted by molar-refractivity contribution is -0.149. The van der Waals surface area contributed by atoms with Gasteiger partial charge in [-0.3, -0.25) is 27.7 Å². The number of benzene rings is 2. The summed E-state index contributed by atoms with van der Waals surface area (Å²) in [6, 6.07) is 15.5. The largest absolute Gasteiger partial charge is 0.755 e. The molecule has 13 nitrogen and oxygen atoms in total. The van der Waals surface area contributed by atoms with E-state index < -0.39 is 64.1 Å². The minimum Gasteiger partial charge on any atom is -0.755 e. The van der Waals surface area contributed by atoms with Crippen molar-refractivity contribution in [2.24, 2.45) is 17.3 Å². The standard InChI is InChI=1S/C43H53N5O8S/c1-6-28-25-43(28,41(52)48(57(53)54)29-15-16-29)45-39(50)36-22-31(26-47(36)40(51)33(42(2,3)4)23-38(49)46-19-11-8-12-20-46)56-37-24-34(27-13-9-7-10-14-27)44-35-21-30(55-5)17-18-32(35)37/h6-7,9-10,13-14,17-18,21,24,28-29,31,33,36H,1,8,11-12,15-16,19-20,22-23,25-26H2,2-5H3,(H,45,50)(H,53,54)/p-1/t28-,31-,33?,36+,43-/m1/s1. The van der Waals surface area contributed by atoms with Crippen molar-refractivity contribution in [2.45, 2.75) is 95.9 Å². The molecular weight excluding hydrogens is 747 g/mol. The number of ether oxygens (including phenoxy) is 2. The third-order valence-electron chi connectivity index (χ3n) is 11.9. The summed E-state index contributed by atoms with van der Waals surface area (Å²) in [5, 5.41) is 3.63. The maximum Gasteiger partial charge on any atom is 0.260 e. The molecule has 14 heteroatoms. The Hall–Kier alpha value is -4.82. The lowest BCUT2D eigenvalue weighted by Gasteiger charge is -2.37. The Labute approximate surface area is 336 Å². The van der Waals surface area contributed by atoms with Crippen LogP contribution < -0.4 is 14.8 Å². The molecule has 0 spiro atoms. The van der Waals surface area contributed by atoms with Crippen molar-refractivity contribution >= 4 is 45.8 Å². The minimum atomic E-state index is -2.82. The molecule has 3 aromatic rings. The van der Waals surface area contributed by atoms with Crippen LogP contribution in [0, 0.1) is 17.3 Å². The predicted molar refractivity (Wildman–Crippen MR) is 214 cm³/mol. The van der Waals surface area contributed by atoms with Gasteiger partial charge in [0.05, 0.1) is 42.0 Å². The molecule has 1 N–H and O–H groups in total. The lowest BCUT2D eigenvalue weighted by atomic mass is 9.77. The van der Waals surface area contributed by atoms with Gasteiger partial charge >= 0.3 is 0 Å². The molecule has 2 aliphatic carbocycles. The summed E-state index contributed by atoms with van der Waals surface area (Å²) in [5.41, 5.74) is 0.0207. The fourth-order valence-electron chi connectivity index (χ4n) is 8.30. The van der Waals surface area contributed by atoms with Gasteiger partial charge in [0.2, 0.25) is 17.7 Å². The number of piperidine rings is 1. The molecule has 2 saturated carbocycles. The molecule has 4 amide bonds. The van der Waals surface area contributed by atoms with Crippen LogP contribution in [-0.2, 0) is 30.4 Å². The van der Waals surface area contributed by atoms with Crippen molar-refractivity contribution in [1.29, 1.82) is 0 Å². The minimum absolute atomic E-state index is 0.0113. The van der Waals surface area contributed by atoms with Crippen LogP contribution in [-0.4, -0.2) is 102 Å². The number of nitrogens with one attached hydrogen (secondary N) is 1. The topological polar surface area (TPSA) is 162 Å². The van der Waals surface area contributed by atoms with E-state index in [4.69, 9.17) is 14.5 Å². The average molecular weight is 799 g/mol. The molecular formula is C43H52N5O8S-. The number of carbonyl (C=O) groups is 4. The molecule has 0 radical (unpaired) electrons. The van der Waals surface area contributed by atoms with Crippen LogP contribution >= 0.6 is 0 Å². The van der Waals surface area contributed by atoms with E-state index in [1.54, 1.807) is 13.2 Å². The highest BCUT2D eigenvalue weighted by atomic mass is 32.2. The summed E-state index contributed by atoms with van der Waals surface area (Å²) in [7, 11) is 1.58. The Balaban J connectivity index is 1.22. The van der Waals surface area contributed by atoms with Crippen LogP contribution in [0.4, 0.5) is 0 Å². The number of methoxy groups -OCH3 is 1. The quantitative estimate of drug-likeness (QED) is 0.182. The third-order valence-corrected chi connectivity index (χ3v) is 12.7. The molecule has 4 fully saturated rings. The van der Waals surface area contributed by atoms with Crippen LogP contribution in [0.5, 0.6) is 11.5 Å². The number of hydrogen-bond donors (Lipinski definition) is 1. The number of hydrogen-bond acceptors (Lipinski definition) is 9. The van der Waals surface area contributed by atoms with Gasteiger partial charge in [-0.2, -0.15) is 0 Å². The number of rotatable bonds is 13. The number of nitrogens with zero attached hydrogens (tertiary/aromatic N) is 4. The Morgan fingerprint density at radius 1 is 1.09 bits per heavy atom. The number of carbonyl (C=O) groups excluding carboxylic acids is 4. The molecule has 304 valence electrons. The summed E-state index contributed by atoms with van der Waals surface area (Å²) < 4.78 is 37.6. The SMILES string of the molecule is C=C[C@@H]1C[C@]1(NC(=O)[C@@H]1C[C@@H](Oc2cc(-c3ccccc3)nc3cc(OC)ccc23)CN1C(=O)C(CC(=O)N1CCCCC1)C(C)(C)C)C(=O)N(C1CC1)S(=O)[O-]. The normalized spacial score (nSPS) is 24.3. The Morgan fingerprint density at radius 3 is 2.42 bits per heavy atom. The van der Waals surface area contributed by atoms with Crippen LogP contribution in [0.3, 0.4) is 0 Å². The van der Waals surface area contributed by atoms with E-state index in [-0.39, 0.29) is 37.6 Å². The van der Waals surface area contributed by atoms with Gasteiger partial charge in [-0.25, -0.2) is 4.98 Å². The second-order valence-electron chi connectivity index (χ2n) is 16.9. The van der Waals surface area contributed by atoms with Gasteiger partial charge in [0.25, 0.3) is 5.91 Å². The zero-order chi connectivity index (χ0) is 40.6. The van der Waals surface area contributed by atoms with Crippen LogP contribution in [0.25, 0.3) is 22.2 Å². The monoisotopic (exact) mass is 798 g/mol. The van der Waals surface area contributed by atoms with Gasteiger partial charge in [-0.15, -0.1) is 6.58 Å². The number of likely N-dealkylation sites (tertiary alicyclic amines) is 2. The van der Waals surface area contributed by atoms with Crippen molar-refractivity contribution in [3.63, 3.8) is 0 Å². The first-order valence-corrected chi connectivity index (χ1v) is 20.9. The Bertz CT molecular complexity index is 2060. The fraction of sp³-hybridized carbons (Fsp3) is 0.512. The zero-order valence-corrected chi connectivity index (χ0v) is 33.9. The van der Waals surface area contributed by atoms with Gasteiger partial charge in [0.15, 0.2) is 0 Å². The molecule has 2 saturated heterocycles. The Kier molecular flexibility index (Phi) is 11.5. The van der Waals surface area contributed by atoms with E-state index in [0.717, 1.165) is 29.1 Å². The van der Waals surface area contributed by atoms with E-state index in [9.17, 15) is 27.9 Å². The lowest BCUT2D eigenvalue weighted by Crippen LogP contribution is -2.57. The molecule has 2 aromatic carbocycles. The maximum absolute atomic E-state index is 14.9. The first kappa shape index (κ1) is 40.4. The summed E-state index contributed by atoms with van der Waals surface area (Å²) >= 11 is -2.82. The number of aromatic nitrogens is 1. The van der Waals surface area contributed by atoms with Crippen LogP contribution in [0.1, 0.15) is 72.1 Å². The van der Waals surface area contributed by atoms with Crippen LogP contribution in [0.15, 0.2) is 67.3 Å². The summed E-state index contributed by atoms with van der Waals surface area (Å²) in [6.45, 7) is 10.9. The smallest absolute Gasteiger partial charge is 0.260 e. The number of fused-ring (bicyclic) bond motifs is 1. The second kappa shape index (κ2) is 16.2. The molecule has 6 atom stereocenters. The first-order chi connectivity index (χ1) is 27.2. The van der Waals surface area contributed by atoms with Gasteiger partial charge < -0.3 is 29.1 Å². The average Bonchev–Trinajstić information content (AvgIpc) is 4.12. The molecule has 4 aliphatic rings. The van der Waals surface area contributed by atoms with Crippen LogP contribution in [0.2, 0.25) is 0 Å². The highest BCUT2D eigenvalue weighted by molar-refractivity contribution is 7.77. The van der Waals surface area contributed by atoms with Gasteiger partial charge in [-0.05, 0) is 56.1 Å². The molecule has 2 unspecified atom stereocenters. The molecule has 7 rings (SSSR count). The van der Waals surface area contributed by atoms with E-state index in [2.05, 4.69) is 11.9 Å². The van der Waals surface area contributed by atoms with E-state index >= 15 is 0 Å². The molecule has 1 aromatic heterocycles. The maximum atomic E-state index is 14.9. The van der Waals surface area contributed by atoms with E-state index in [0.29, 0.717) is 54.0 Å². The Morgan fingerprint density at radius 2 is 1.81 bits per heavy atom. The first-order valence-electron chi connectivity index (χ1n) is 19.9. The van der Waals surface area contributed by atoms with Gasteiger partial charge in [0.1, 0.15) is 29.2 Å². The second-order valence-corrected chi connectivity index (χ2v) is 17.7. The van der Waals surface area contributed by atoms with Gasteiger partial charge in [-0.1, -0.05) is 57.2 Å². The van der Waals surface area contributed by atoms with Crippen molar-refractivity contribution in [3.8, 4) is 22.8 Å². The summed E-state index contributed by atoms with van der Waals surface area (Å²) in [6.07, 6.45) is 5.14. The highest BCUT2D eigenvalue weighted by Gasteiger charge is 2.63.